The fraction of sp³-hybridized carbons (Fsp3) is 0.733. The summed E-state index contributed by atoms with van der Waals surface area (Å²) in [6, 6.07) is 1.22. The van der Waals surface area contributed by atoms with Gasteiger partial charge in [-0.25, -0.2) is 13.9 Å². The van der Waals surface area contributed by atoms with Gasteiger partial charge in [-0.05, 0) is 13.0 Å². The Bertz CT molecular complexity index is 1170. The van der Waals surface area contributed by atoms with Crippen LogP contribution in [0.5, 0.6) is 0 Å². The monoisotopic (exact) mass is 612 g/mol. The van der Waals surface area contributed by atoms with E-state index in [0.717, 1.165) is 10.8 Å². The average molecular weight is 612 g/mol. The van der Waals surface area contributed by atoms with E-state index in [-0.39, 0.29) is 5.82 Å². The largest absolute Gasteiger partial charge is 0.592 e. The Balaban J connectivity index is 1.29. The molecule has 4 fully saturated rings. The number of phosphoric ester groups is 2. The summed E-state index contributed by atoms with van der Waals surface area (Å²) < 4.78 is 64.0. The zero-order chi connectivity index (χ0) is 28.1. The van der Waals surface area contributed by atoms with Gasteiger partial charge in [-0.1, -0.05) is 13.6 Å². The standard InChI is InChI=1S/C15H24N3O17P3/c1-15(6-19,34-38-31-14(32-38)33-38)8(20)5-29-37(26,27)35-36(24,25)28-4-7-10(21)11(22)12(30-7)18-3-2-9(16)17-13(18)23/h2-3,7-8,10-12,14,19-22H,4-6H2,1H3,(H3-,16,17,23,24,25,26,27)/p+1/t7-,8-,10+,11?,12-,14?,15+,38?/m1/s1. The van der Waals surface area contributed by atoms with E-state index in [2.05, 4.69) is 18.3 Å². The van der Waals surface area contributed by atoms with Gasteiger partial charge in [0.15, 0.2) is 11.8 Å². The summed E-state index contributed by atoms with van der Waals surface area (Å²) in [6.07, 6.45) is -7.07. The lowest BCUT2D eigenvalue weighted by atomic mass is 10.0. The van der Waals surface area contributed by atoms with Gasteiger partial charge in [-0.3, -0.25) is 13.6 Å². The molecule has 3 unspecified atom stereocenters. The normalized spacial score (nSPS) is 35.8. The van der Waals surface area contributed by atoms with Gasteiger partial charge in [0, 0.05) is 6.20 Å². The van der Waals surface area contributed by atoms with Crippen molar-refractivity contribution >= 4 is 29.6 Å². The number of nitrogens with two attached hydrogens (primary N) is 1. The molecule has 0 spiro atoms. The van der Waals surface area contributed by atoms with Gasteiger partial charge in [-0.2, -0.15) is 9.29 Å². The topological polar surface area (TPSA) is 290 Å². The molecule has 4 saturated heterocycles. The van der Waals surface area contributed by atoms with Crippen LogP contribution in [0.4, 0.5) is 5.82 Å². The van der Waals surface area contributed by atoms with E-state index in [1.165, 1.54) is 13.0 Å². The number of ether oxygens (including phenoxy) is 1. The van der Waals surface area contributed by atoms with Crippen LogP contribution in [0.1, 0.15) is 13.2 Å². The zero-order valence-corrected chi connectivity index (χ0v) is 21.9. The predicted octanol–water partition coefficient (Wildman–Crippen LogP) is -2.14. The number of hydrogen-bond acceptors (Lipinski definition) is 17. The highest BCUT2D eigenvalue weighted by Crippen LogP contribution is 2.85. The number of aliphatic hydroxyl groups is 4. The maximum Gasteiger partial charge on any atom is 0.592 e. The highest BCUT2D eigenvalue weighted by atomic mass is 31.3. The second-order valence-electron chi connectivity index (χ2n) is 8.33. The molecule has 216 valence electrons. The number of aliphatic hydroxyl groups excluding tert-OH is 4. The summed E-state index contributed by atoms with van der Waals surface area (Å²) in [5.74, 6) is -0.109. The molecule has 1 aromatic rings. The molecule has 5 rings (SSSR count). The van der Waals surface area contributed by atoms with Crippen molar-refractivity contribution in [2.75, 3.05) is 25.6 Å². The SMILES string of the molecule is C[C@@](CO)(O[P+]12OC(O1)O2)[C@H](O)COP(=O)(O)OP(=O)(O)OC[C@H]1O[C@@H](n2ccc(N)nc2=O)C(O)[C@H]1O. The van der Waals surface area contributed by atoms with E-state index >= 15 is 0 Å². The summed E-state index contributed by atoms with van der Waals surface area (Å²) in [7, 11) is -13.9. The Morgan fingerprint density at radius 3 is 2.39 bits per heavy atom. The Morgan fingerprint density at radius 1 is 1.21 bits per heavy atom. The summed E-state index contributed by atoms with van der Waals surface area (Å²) in [5.41, 5.74) is 2.62. The van der Waals surface area contributed by atoms with Crippen molar-refractivity contribution in [2.24, 2.45) is 0 Å². The quantitative estimate of drug-likeness (QED) is 0.117. The van der Waals surface area contributed by atoms with Gasteiger partial charge in [-0.15, -0.1) is 4.52 Å². The lowest BCUT2D eigenvalue weighted by Gasteiger charge is -2.44. The Labute approximate surface area is 213 Å². The number of phosphoric acid groups is 2. The number of nitrogen functional groups attached to an aromatic ring is 1. The molecule has 0 aliphatic carbocycles. The molecular weight excluding hydrogens is 587 g/mol. The lowest BCUT2D eigenvalue weighted by Crippen LogP contribution is -2.55. The Morgan fingerprint density at radius 2 is 1.84 bits per heavy atom. The van der Waals surface area contributed by atoms with E-state index in [0.29, 0.717) is 0 Å². The third-order valence-electron chi connectivity index (χ3n) is 5.45. The number of hydrogen-bond donors (Lipinski definition) is 7. The molecule has 0 radical (unpaired) electrons. The minimum Gasteiger partial charge on any atom is -0.393 e. The van der Waals surface area contributed by atoms with E-state index in [1.54, 1.807) is 0 Å². The second kappa shape index (κ2) is 10.8. The predicted molar refractivity (Wildman–Crippen MR) is 118 cm³/mol. The van der Waals surface area contributed by atoms with Gasteiger partial charge in [0.1, 0.15) is 30.2 Å². The third kappa shape index (κ3) is 6.33. The van der Waals surface area contributed by atoms with Crippen LogP contribution in [-0.2, 0) is 45.3 Å². The fourth-order valence-electron chi connectivity index (χ4n) is 3.26. The highest BCUT2D eigenvalue weighted by molar-refractivity contribution is 7.61. The molecule has 0 amide bonds. The van der Waals surface area contributed by atoms with Crippen molar-refractivity contribution in [3.63, 3.8) is 0 Å². The molecule has 20 nitrogen and oxygen atoms in total. The Hall–Kier alpha value is -0.990. The molecule has 0 aromatic carbocycles. The number of rotatable bonds is 13. The van der Waals surface area contributed by atoms with E-state index in [4.69, 9.17) is 28.6 Å². The minimum absolute atomic E-state index is 0.109. The van der Waals surface area contributed by atoms with Crippen molar-refractivity contribution in [3.05, 3.63) is 22.7 Å². The van der Waals surface area contributed by atoms with Crippen LogP contribution in [0.3, 0.4) is 0 Å². The van der Waals surface area contributed by atoms with Crippen LogP contribution in [0, 0.1) is 0 Å². The maximum atomic E-state index is 12.2. The van der Waals surface area contributed by atoms with Gasteiger partial charge in [0.05, 0.1) is 19.8 Å². The third-order valence-corrected chi connectivity index (χ3v) is 9.98. The smallest absolute Gasteiger partial charge is 0.393 e. The van der Waals surface area contributed by atoms with Crippen molar-refractivity contribution in [3.8, 4) is 0 Å². The van der Waals surface area contributed by atoms with E-state index in [1.807, 2.05) is 0 Å². The molecule has 38 heavy (non-hydrogen) atoms. The van der Waals surface area contributed by atoms with Gasteiger partial charge >= 0.3 is 36.0 Å². The van der Waals surface area contributed by atoms with E-state index in [9.17, 15) is 44.1 Å². The minimum atomic E-state index is -5.38. The van der Waals surface area contributed by atoms with Crippen LogP contribution in [0.2, 0.25) is 0 Å². The lowest BCUT2D eigenvalue weighted by molar-refractivity contribution is -0.367. The summed E-state index contributed by atoms with van der Waals surface area (Å²) in [4.78, 5) is 35.1. The van der Waals surface area contributed by atoms with Gasteiger partial charge in [0.2, 0.25) is 0 Å². The molecular formula is C15H25N3O17P3+. The first-order valence-electron chi connectivity index (χ1n) is 10.5. The number of nitrogens with zero attached hydrogens (tertiary/aromatic N) is 2. The first-order valence-corrected chi connectivity index (χ1v) is 15.0. The molecule has 1 aromatic heterocycles. The van der Waals surface area contributed by atoms with Crippen molar-refractivity contribution in [1.29, 1.82) is 0 Å². The molecule has 4 aliphatic heterocycles. The van der Waals surface area contributed by atoms with Crippen molar-refractivity contribution < 1.29 is 75.5 Å². The average Bonchev–Trinajstić information content (AvgIpc) is 3.05. The van der Waals surface area contributed by atoms with E-state index < -0.39 is 92.0 Å². The first kappa shape index (κ1) is 30.0. The molecule has 5 heterocycles. The van der Waals surface area contributed by atoms with Crippen molar-refractivity contribution in [1.82, 2.24) is 9.55 Å². The van der Waals surface area contributed by atoms with Crippen molar-refractivity contribution in [2.45, 2.75) is 49.6 Å². The summed E-state index contributed by atoms with van der Waals surface area (Å²) in [5, 5.41) is 40.2. The summed E-state index contributed by atoms with van der Waals surface area (Å²) >= 11 is 0. The van der Waals surface area contributed by atoms with Gasteiger partial charge < -0.3 is 40.7 Å². The molecule has 8 atom stereocenters. The zero-order valence-electron chi connectivity index (χ0n) is 19.2. The van der Waals surface area contributed by atoms with Crippen LogP contribution in [0.25, 0.3) is 0 Å². The summed E-state index contributed by atoms with van der Waals surface area (Å²) in [6.45, 7) is -2.55. The van der Waals surface area contributed by atoms with Gasteiger partial charge in [0.25, 0.3) is 0 Å². The molecule has 4 aliphatic rings. The van der Waals surface area contributed by atoms with Crippen LogP contribution < -0.4 is 11.4 Å². The first-order chi connectivity index (χ1) is 17.6. The highest BCUT2D eigenvalue weighted by Gasteiger charge is 2.83. The van der Waals surface area contributed by atoms with Crippen LogP contribution >= 0.6 is 23.8 Å². The van der Waals surface area contributed by atoms with Crippen LogP contribution in [-0.4, -0.2) is 96.1 Å². The molecule has 2 bridgehead atoms. The second-order valence-corrected chi connectivity index (χ2v) is 13.1. The molecule has 8 N–H and O–H groups in total. The number of anilines is 1. The Kier molecular flexibility index (Phi) is 8.50. The molecule has 0 saturated carbocycles. The van der Waals surface area contributed by atoms with Crippen LogP contribution in [0.15, 0.2) is 17.1 Å². The number of aromatic nitrogens is 2. The maximum absolute atomic E-state index is 12.2. The fourth-order valence-corrected chi connectivity index (χ4v) is 6.84. The molecule has 23 heteroatoms.